The lowest BCUT2D eigenvalue weighted by Crippen LogP contribution is -2.33. The fourth-order valence-electron chi connectivity index (χ4n) is 8.58. The standard InChI is InChI=1S/C53H54F5N3O5S2/c1-29(2)23-33-13-11-14-34(24-30(3)4)51(33)59-37-19-21-39-42(27-37)66-43-28-38(60-52-35(25-31(5)6)15-12-16-36(52)26-32(7)8)20-22-40(43)45(39)41-17-9-10-18-44(41)67(62,63)61-68(64,65)53-49(57)47(55)46(54)48(56)50(53)58/h9-22,27-32,59,61H,23-26H2,1-8H3. The second-order valence-corrected chi connectivity index (χ2v) is 22.4. The van der Waals surface area contributed by atoms with E-state index in [0.29, 0.717) is 51.2 Å². The molecule has 0 amide bonds. The number of rotatable bonds is 16. The number of nitrogens with zero attached hydrogens (tertiary/aromatic N) is 1. The summed E-state index contributed by atoms with van der Waals surface area (Å²) in [5, 5.41) is 4.59. The molecule has 0 saturated carbocycles. The molecule has 358 valence electrons. The van der Waals surface area contributed by atoms with Crippen LogP contribution in [0.25, 0.3) is 33.4 Å². The summed E-state index contributed by atoms with van der Waals surface area (Å²) in [4.78, 5) is 2.16. The van der Waals surface area contributed by atoms with Crippen LogP contribution < -0.4 is 14.8 Å². The van der Waals surface area contributed by atoms with Crippen LogP contribution in [0.3, 0.4) is 0 Å². The highest BCUT2D eigenvalue weighted by molar-refractivity contribution is 8.04. The van der Waals surface area contributed by atoms with E-state index in [4.69, 9.17) is 9.41 Å². The lowest BCUT2D eigenvalue weighted by Gasteiger charge is -2.21. The second-order valence-electron chi connectivity index (χ2n) is 18.9. The summed E-state index contributed by atoms with van der Waals surface area (Å²) in [6.45, 7) is 17.2. The van der Waals surface area contributed by atoms with Gasteiger partial charge in [0, 0.05) is 45.6 Å². The minimum atomic E-state index is -5.96. The van der Waals surface area contributed by atoms with Gasteiger partial charge < -0.3 is 9.73 Å². The van der Waals surface area contributed by atoms with Crippen molar-refractivity contribution in [3.05, 3.63) is 154 Å². The first-order valence-electron chi connectivity index (χ1n) is 22.5. The predicted octanol–water partition coefficient (Wildman–Crippen LogP) is 13.3. The van der Waals surface area contributed by atoms with Gasteiger partial charge in [-0.25, -0.2) is 43.8 Å². The Morgan fingerprint density at radius 2 is 1.06 bits per heavy atom. The molecular formula is C53H54F5N3O5S2. The van der Waals surface area contributed by atoms with Crippen LogP contribution in [0, 0.1) is 52.8 Å². The Labute approximate surface area is 394 Å². The Morgan fingerprint density at radius 1 is 0.544 bits per heavy atom. The molecule has 5 aromatic rings. The third kappa shape index (κ3) is 10.5. The first-order valence-corrected chi connectivity index (χ1v) is 25.5. The smallest absolute Gasteiger partial charge is 0.259 e. The highest BCUT2D eigenvalue weighted by Crippen LogP contribution is 2.44. The summed E-state index contributed by atoms with van der Waals surface area (Å²) in [5.74, 6) is -11.5. The number of benzene rings is 6. The first-order chi connectivity index (χ1) is 32.1. The summed E-state index contributed by atoms with van der Waals surface area (Å²) < 4.78 is 135. The molecule has 0 unspecified atom stereocenters. The highest BCUT2D eigenvalue weighted by atomic mass is 32.3. The van der Waals surface area contributed by atoms with E-state index < -0.39 is 58.9 Å². The van der Waals surface area contributed by atoms with Gasteiger partial charge >= 0.3 is 0 Å². The van der Waals surface area contributed by atoms with Crippen LogP contribution in [0.15, 0.2) is 116 Å². The van der Waals surface area contributed by atoms with Crippen molar-refractivity contribution in [1.29, 1.82) is 0 Å². The lowest BCUT2D eigenvalue weighted by molar-refractivity contribution is 0.357. The van der Waals surface area contributed by atoms with Crippen LogP contribution in [-0.4, -0.2) is 16.8 Å². The number of halogens is 5. The molecular weight excluding hydrogens is 918 g/mol. The number of hydrogen-bond acceptors (Lipinski definition) is 7. The molecule has 1 aliphatic carbocycles. The van der Waals surface area contributed by atoms with Crippen molar-refractivity contribution in [3.8, 4) is 22.5 Å². The molecule has 0 radical (unpaired) electrons. The Balaban J connectivity index is 1.47. The fourth-order valence-corrected chi connectivity index (χ4v) is 11.8. The zero-order valence-corrected chi connectivity index (χ0v) is 40.7. The van der Waals surface area contributed by atoms with Gasteiger partial charge in [-0.2, -0.15) is 0 Å². The summed E-state index contributed by atoms with van der Waals surface area (Å²) in [6, 6.07) is 28.3. The quantitative estimate of drug-likeness (QED) is 0.0431. The van der Waals surface area contributed by atoms with Crippen molar-refractivity contribution >= 4 is 48.1 Å². The van der Waals surface area contributed by atoms with Crippen LogP contribution >= 0.6 is 0 Å². The summed E-state index contributed by atoms with van der Waals surface area (Å²) in [6.07, 6.45) is 3.19. The molecule has 0 fully saturated rings. The fraction of sp³-hybridized carbons (Fsp3) is 0.302. The van der Waals surface area contributed by atoms with Gasteiger partial charge in [-0.1, -0.05) is 110 Å². The molecule has 8 nitrogen and oxygen atoms in total. The molecule has 2 N–H and O–H groups in total. The van der Waals surface area contributed by atoms with E-state index in [1.807, 2.05) is 12.1 Å². The van der Waals surface area contributed by atoms with Crippen molar-refractivity contribution in [1.82, 2.24) is 4.13 Å². The number of fused-ring (bicyclic) bond motifs is 2. The second kappa shape index (κ2) is 20.0. The normalized spacial score (nSPS) is 12.8. The minimum absolute atomic E-state index is 0.0631. The molecule has 5 aromatic carbocycles. The Bertz CT molecular complexity index is 3230. The van der Waals surface area contributed by atoms with Crippen molar-refractivity contribution in [2.45, 2.75) is 90.9 Å². The van der Waals surface area contributed by atoms with Gasteiger partial charge in [-0.15, -0.1) is 4.13 Å². The molecule has 2 aliphatic rings. The van der Waals surface area contributed by atoms with Crippen LogP contribution in [0.4, 0.5) is 39.0 Å². The van der Waals surface area contributed by atoms with E-state index in [9.17, 15) is 38.8 Å². The molecule has 1 aliphatic heterocycles. The maximum absolute atomic E-state index is 14.9. The lowest BCUT2D eigenvalue weighted by atomic mass is 9.93. The molecule has 0 spiro atoms. The summed E-state index contributed by atoms with van der Waals surface area (Å²) >= 11 is 0. The van der Waals surface area contributed by atoms with Gasteiger partial charge in [-0.3, -0.25) is 0 Å². The van der Waals surface area contributed by atoms with E-state index in [0.717, 1.165) is 65.4 Å². The van der Waals surface area contributed by atoms with Crippen LogP contribution in [0.5, 0.6) is 0 Å². The van der Waals surface area contributed by atoms with Crippen LogP contribution in [-0.2, 0) is 45.7 Å². The van der Waals surface area contributed by atoms with Gasteiger partial charge in [0.15, 0.2) is 28.2 Å². The summed E-state index contributed by atoms with van der Waals surface area (Å²) in [7, 11) is -11.3. The largest absolute Gasteiger partial charge is 0.456 e. The van der Waals surface area contributed by atoms with E-state index in [-0.39, 0.29) is 16.9 Å². The Kier molecular flexibility index (Phi) is 14.7. The number of anilines is 2. The number of sulfonamides is 2. The zero-order chi connectivity index (χ0) is 49.4. The SMILES string of the molecule is CC(C)Cc1cccc(CC(C)C)c1N=c1ccc2c(-c3ccccc3S(=O)(=O)NS(=O)(=O)c3c(F)c(F)c(F)c(F)c3F)c3ccc(Nc4c(CC(C)C)cccc4CC(C)C)cc3oc-2c1. The van der Waals surface area contributed by atoms with Crippen LogP contribution in [0.2, 0.25) is 0 Å². The third-order valence-corrected chi connectivity index (χ3v) is 14.9. The van der Waals surface area contributed by atoms with Gasteiger partial charge in [0.05, 0.1) is 15.9 Å². The monoisotopic (exact) mass is 971 g/mol. The van der Waals surface area contributed by atoms with Gasteiger partial charge in [0.1, 0.15) is 11.3 Å². The van der Waals surface area contributed by atoms with Gasteiger partial charge in [-0.05, 0) is 102 Å². The molecule has 0 saturated heterocycles. The van der Waals surface area contributed by atoms with Crippen molar-refractivity contribution < 1.29 is 43.2 Å². The van der Waals surface area contributed by atoms with E-state index in [2.05, 4.69) is 91.0 Å². The molecule has 15 heteroatoms. The molecule has 1 heterocycles. The van der Waals surface area contributed by atoms with Crippen LogP contribution in [0.1, 0.15) is 77.6 Å². The zero-order valence-electron chi connectivity index (χ0n) is 39.1. The topological polar surface area (TPSA) is 118 Å². The van der Waals surface area contributed by atoms with Gasteiger partial charge in [0.2, 0.25) is 5.82 Å². The molecule has 7 rings (SSSR count). The highest BCUT2D eigenvalue weighted by Gasteiger charge is 2.37. The summed E-state index contributed by atoms with van der Waals surface area (Å²) in [5.41, 5.74) is 7.78. The molecule has 0 bridgehead atoms. The minimum Gasteiger partial charge on any atom is -0.456 e. The molecule has 0 atom stereocenters. The van der Waals surface area contributed by atoms with Crippen molar-refractivity contribution in [2.75, 3.05) is 5.32 Å². The van der Waals surface area contributed by atoms with E-state index >= 15 is 0 Å². The van der Waals surface area contributed by atoms with Crippen molar-refractivity contribution in [3.63, 3.8) is 0 Å². The average Bonchev–Trinajstić information content (AvgIpc) is 3.25. The maximum atomic E-state index is 14.9. The Morgan fingerprint density at radius 3 is 1.62 bits per heavy atom. The number of nitrogens with one attached hydrogen (secondary N) is 2. The van der Waals surface area contributed by atoms with Crippen molar-refractivity contribution in [2.24, 2.45) is 28.7 Å². The van der Waals surface area contributed by atoms with E-state index in [1.165, 1.54) is 22.3 Å². The average molecular weight is 972 g/mol. The number of para-hydroxylation sites is 2. The number of hydrogen-bond donors (Lipinski definition) is 2. The third-order valence-electron chi connectivity index (χ3n) is 11.3. The first kappa shape index (κ1) is 50.0. The molecule has 0 aromatic heterocycles. The molecule has 68 heavy (non-hydrogen) atoms. The Hall–Kier alpha value is -5.90. The maximum Gasteiger partial charge on any atom is 0.259 e. The van der Waals surface area contributed by atoms with E-state index in [1.54, 1.807) is 30.3 Å². The van der Waals surface area contributed by atoms with Gasteiger partial charge in [0.25, 0.3) is 20.0 Å². The predicted molar refractivity (Wildman–Crippen MR) is 258 cm³/mol.